The van der Waals surface area contributed by atoms with Crippen LogP contribution in [0.2, 0.25) is 0 Å². The van der Waals surface area contributed by atoms with Gasteiger partial charge in [0.15, 0.2) is 0 Å². The van der Waals surface area contributed by atoms with Gasteiger partial charge >= 0.3 is 0 Å². The highest BCUT2D eigenvalue weighted by Gasteiger charge is 2.20. The van der Waals surface area contributed by atoms with Crippen LogP contribution in [0.15, 0.2) is 86.7 Å². The van der Waals surface area contributed by atoms with Gasteiger partial charge in [-0.3, -0.25) is 0 Å². The Hall–Kier alpha value is -3.10. The van der Waals surface area contributed by atoms with E-state index in [1.165, 1.54) is 0 Å². The number of ether oxygens (including phenoxy) is 1. The zero-order valence-corrected chi connectivity index (χ0v) is 19.2. The molecule has 0 saturated carbocycles. The average molecular weight is 499 g/mol. The van der Waals surface area contributed by atoms with Crippen molar-refractivity contribution in [2.24, 2.45) is 0 Å². The number of anilines is 1. The highest BCUT2D eigenvalue weighted by molar-refractivity contribution is 9.10. The highest BCUT2D eigenvalue weighted by Crippen LogP contribution is 2.34. The van der Waals surface area contributed by atoms with Gasteiger partial charge in [-0.1, -0.05) is 53.7 Å². The number of halogens is 1. The minimum Gasteiger partial charge on any atom is -0.497 e. The highest BCUT2D eigenvalue weighted by atomic mass is 79.9. The molecule has 4 rings (SSSR count). The summed E-state index contributed by atoms with van der Waals surface area (Å²) < 4.78 is 38.7. The van der Waals surface area contributed by atoms with Crippen molar-refractivity contribution in [3.63, 3.8) is 0 Å². The molecule has 1 heterocycles. The van der Waals surface area contributed by atoms with Crippen LogP contribution in [0.5, 0.6) is 5.75 Å². The number of hydrogen-bond acceptors (Lipinski definition) is 5. The number of aryl methyl sites for hydroxylation is 1. The van der Waals surface area contributed by atoms with Crippen molar-refractivity contribution >= 4 is 31.8 Å². The Morgan fingerprint density at radius 1 is 0.935 bits per heavy atom. The van der Waals surface area contributed by atoms with Gasteiger partial charge in [-0.2, -0.15) is 0 Å². The van der Waals surface area contributed by atoms with E-state index in [1.54, 1.807) is 38.3 Å². The first-order valence-electron chi connectivity index (χ1n) is 9.37. The molecule has 1 aromatic heterocycles. The Labute approximate surface area is 189 Å². The molecule has 4 aromatic rings. The molecule has 1 N–H and O–H groups in total. The predicted octanol–water partition coefficient (Wildman–Crippen LogP) is 5.89. The van der Waals surface area contributed by atoms with E-state index in [2.05, 4.69) is 25.8 Å². The Bertz CT molecular complexity index is 1330. The van der Waals surface area contributed by atoms with Crippen molar-refractivity contribution in [3.8, 4) is 28.0 Å². The van der Waals surface area contributed by atoms with Crippen molar-refractivity contribution in [2.45, 2.75) is 11.8 Å². The zero-order valence-electron chi connectivity index (χ0n) is 16.8. The second-order valence-corrected chi connectivity index (χ2v) is 9.29. The normalized spacial score (nSPS) is 11.3. The standard InChI is InChI=1S/C23H19BrN2O4S/c1-15-22(24)23(30-25-15)26-31(27,28)19-12-10-16(11-13-19)20-8-3-4-9-21(20)17-6-5-7-18(14-17)29-2/h3-14,26H,1-2H3. The van der Waals surface area contributed by atoms with Crippen LogP contribution in [-0.2, 0) is 10.0 Å². The quantitative estimate of drug-likeness (QED) is 0.358. The van der Waals surface area contributed by atoms with Crippen molar-refractivity contribution in [3.05, 3.63) is 83.0 Å². The minimum atomic E-state index is -3.82. The van der Waals surface area contributed by atoms with Gasteiger partial charge in [0.05, 0.1) is 17.7 Å². The number of aromatic nitrogens is 1. The van der Waals surface area contributed by atoms with Gasteiger partial charge in [0.2, 0.25) is 0 Å². The second kappa shape index (κ2) is 8.56. The van der Waals surface area contributed by atoms with Crippen molar-refractivity contribution < 1.29 is 17.7 Å². The number of sulfonamides is 1. The molecule has 0 spiro atoms. The van der Waals surface area contributed by atoms with Gasteiger partial charge in [0, 0.05) is 0 Å². The second-order valence-electron chi connectivity index (χ2n) is 6.82. The zero-order chi connectivity index (χ0) is 22.0. The first-order valence-corrected chi connectivity index (χ1v) is 11.6. The summed E-state index contributed by atoms with van der Waals surface area (Å²) in [6, 6.07) is 22.5. The Morgan fingerprint density at radius 2 is 1.61 bits per heavy atom. The maximum Gasteiger partial charge on any atom is 0.264 e. The van der Waals surface area contributed by atoms with Gasteiger partial charge in [0.25, 0.3) is 15.9 Å². The van der Waals surface area contributed by atoms with E-state index in [4.69, 9.17) is 9.26 Å². The van der Waals surface area contributed by atoms with E-state index >= 15 is 0 Å². The molecule has 0 aliphatic rings. The summed E-state index contributed by atoms with van der Waals surface area (Å²) in [6.45, 7) is 1.71. The SMILES string of the molecule is COc1cccc(-c2ccccc2-c2ccc(S(=O)(=O)Nc3onc(C)c3Br)cc2)c1. The number of hydrogen-bond donors (Lipinski definition) is 1. The topological polar surface area (TPSA) is 81.4 Å². The van der Waals surface area contributed by atoms with Gasteiger partial charge in [0.1, 0.15) is 10.2 Å². The molecule has 0 bridgehead atoms. The van der Waals surface area contributed by atoms with Crippen LogP contribution < -0.4 is 9.46 Å². The van der Waals surface area contributed by atoms with Crippen LogP contribution in [0.3, 0.4) is 0 Å². The average Bonchev–Trinajstić information content (AvgIpc) is 3.11. The number of rotatable bonds is 6. The fourth-order valence-electron chi connectivity index (χ4n) is 3.19. The van der Waals surface area contributed by atoms with E-state index in [9.17, 15) is 8.42 Å². The maximum absolute atomic E-state index is 12.7. The first-order chi connectivity index (χ1) is 14.9. The molecule has 0 atom stereocenters. The van der Waals surface area contributed by atoms with E-state index in [0.717, 1.165) is 28.0 Å². The fraction of sp³-hybridized carbons (Fsp3) is 0.0870. The third kappa shape index (κ3) is 4.35. The third-order valence-corrected chi connectivity index (χ3v) is 7.08. The summed E-state index contributed by atoms with van der Waals surface area (Å²) in [5, 5.41) is 3.74. The molecule has 0 aliphatic carbocycles. The summed E-state index contributed by atoms with van der Waals surface area (Å²) in [7, 11) is -2.19. The van der Waals surface area contributed by atoms with Crippen molar-refractivity contribution in [1.29, 1.82) is 0 Å². The van der Waals surface area contributed by atoms with Crippen LogP contribution in [0.25, 0.3) is 22.3 Å². The summed E-state index contributed by atoms with van der Waals surface area (Å²) in [5.74, 6) is 0.818. The van der Waals surface area contributed by atoms with E-state index in [0.29, 0.717) is 10.2 Å². The monoisotopic (exact) mass is 498 g/mol. The first kappa shape index (κ1) is 21.1. The van der Waals surface area contributed by atoms with Gasteiger partial charge in [-0.15, -0.1) is 0 Å². The smallest absolute Gasteiger partial charge is 0.264 e. The molecule has 8 heteroatoms. The molecule has 0 amide bonds. The Kier molecular flexibility index (Phi) is 5.84. The number of methoxy groups -OCH3 is 1. The molecule has 0 aliphatic heterocycles. The minimum absolute atomic E-state index is 0.0462. The van der Waals surface area contributed by atoms with E-state index in [-0.39, 0.29) is 10.8 Å². The molecule has 158 valence electrons. The molecule has 3 aromatic carbocycles. The molecule has 0 radical (unpaired) electrons. The van der Waals surface area contributed by atoms with Gasteiger partial charge in [-0.25, -0.2) is 13.1 Å². The number of nitrogens with zero attached hydrogens (tertiary/aromatic N) is 1. The van der Waals surface area contributed by atoms with Crippen LogP contribution in [0.1, 0.15) is 5.69 Å². The lowest BCUT2D eigenvalue weighted by Gasteiger charge is -2.12. The number of nitrogens with one attached hydrogen (secondary N) is 1. The summed E-state index contributed by atoms with van der Waals surface area (Å²) in [5.41, 5.74) is 4.48. The van der Waals surface area contributed by atoms with Crippen LogP contribution in [0, 0.1) is 6.92 Å². The van der Waals surface area contributed by atoms with Gasteiger partial charge < -0.3 is 9.26 Å². The lowest BCUT2D eigenvalue weighted by Crippen LogP contribution is -2.12. The van der Waals surface area contributed by atoms with Crippen LogP contribution in [0.4, 0.5) is 5.88 Å². The molecule has 0 unspecified atom stereocenters. The molecule has 0 saturated heterocycles. The largest absolute Gasteiger partial charge is 0.497 e. The fourth-order valence-corrected chi connectivity index (χ4v) is 4.56. The van der Waals surface area contributed by atoms with Crippen molar-refractivity contribution in [1.82, 2.24) is 5.16 Å². The predicted molar refractivity (Wildman–Crippen MR) is 124 cm³/mol. The Morgan fingerprint density at radius 3 is 2.23 bits per heavy atom. The molecule has 6 nitrogen and oxygen atoms in total. The van der Waals surface area contributed by atoms with E-state index < -0.39 is 10.0 Å². The van der Waals surface area contributed by atoms with Crippen LogP contribution >= 0.6 is 15.9 Å². The third-order valence-electron chi connectivity index (χ3n) is 4.80. The molecular formula is C23H19BrN2O4S. The van der Waals surface area contributed by atoms with Crippen molar-refractivity contribution in [2.75, 3.05) is 11.8 Å². The van der Waals surface area contributed by atoms with Crippen LogP contribution in [-0.4, -0.2) is 20.7 Å². The van der Waals surface area contributed by atoms with E-state index in [1.807, 2.05) is 48.5 Å². The lowest BCUT2D eigenvalue weighted by atomic mass is 9.94. The lowest BCUT2D eigenvalue weighted by molar-refractivity contribution is 0.415. The summed E-state index contributed by atoms with van der Waals surface area (Å²) in [4.78, 5) is 0.121. The summed E-state index contributed by atoms with van der Waals surface area (Å²) in [6.07, 6.45) is 0. The van der Waals surface area contributed by atoms with Gasteiger partial charge in [-0.05, 0) is 69.4 Å². The molecular weight excluding hydrogens is 480 g/mol. The Balaban J connectivity index is 1.67. The number of benzene rings is 3. The molecule has 31 heavy (non-hydrogen) atoms. The molecule has 0 fully saturated rings. The summed E-state index contributed by atoms with van der Waals surface area (Å²) >= 11 is 3.27. The maximum atomic E-state index is 12.7.